The summed E-state index contributed by atoms with van der Waals surface area (Å²) in [4.78, 5) is 54.6. The van der Waals surface area contributed by atoms with E-state index in [1.807, 2.05) is 50.2 Å². The highest BCUT2D eigenvalue weighted by Gasteiger charge is 2.38. The van der Waals surface area contributed by atoms with Crippen molar-refractivity contribution < 1.29 is 29.0 Å². The minimum absolute atomic E-state index is 0.0451. The molecule has 0 fully saturated rings. The minimum atomic E-state index is -1.20. The average molecular weight is 524 g/mol. The predicted molar refractivity (Wildman–Crippen MR) is 144 cm³/mol. The molecule has 0 aromatic heterocycles. The van der Waals surface area contributed by atoms with Gasteiger partial charge in [0.1, 0.15) is 18.7 Å². The molecule has 1 N–H and O–H groups in total. The molecule has 1 aliphatic rings. The van der Waals surface area contributed by atoms with Gasteiger partial charge in [-0.1, -0.05) is 62.4 Å². The van der Waals surface area contributed by atoms with Crippen molar-refractivity contribution in [2.45, 2.75) is 44.7 Å². The third kappa shape index (κ3) is 6.15. The summed E-state index contributed by atoms with van der Waals surface area (Å²) in [6.07, 6.45) is -0.879. The quantitative estimate of drug-likeness (QED) is 0.509. The van der Waals surface area contributed by atoms with Crippen molar-refractivity contribution >= 4 is 23.9 Å². The molecule has 0 radical (unpaired) electrons. The number of likely N-dealkylation sites (N-methyl/N-ethyl adjacent to an activating group) is 3. The molecule has 3 amide bonds. The van der Waals surface area contributed by atoms with Crippen molar-refractivity contribution in [1.82, 2.24) is 14.7 Å². The van der Waals surface area contributed by atoms with Gasteiger partial charge in [0, 0.05) is 34.1 Å². The van der Waals surface area contributed by atoms with E-state index in [-0.39, 0.29) is 18.4 Å². The topological polar surface area (TPSA) is 107 Å². The Morgan fingerprint density at radius 2 is 1.34 bits per heavy atom. The molecule has 1 unspecified atom stereocenters. The molecule has 204 valence electrons. The molecule has 0 saturated carbocycles. The SMILES string of the molecule is CC(C)CC(C(=O)N(C)[C@@H](CC(=O)O)C(=O)N(C)C)N(C)C(=O)OCC1c2ccccc2-c2ccccc21. The van der Waals surface area contributed by atoms with Crippen LogP contribution in [0.25, 0.3) is 11.1 Å². The second-order valence-electron chi connectivity index (χ2n) is 10.4. The Balaban J connectivity index is 1.79. The van der Waals surface area contributed by atoms with Crippen molar-refractivity contribution in [3.8, 4) is 11.1 Å². The molecule has 9 heteroatoms. The summed E-state index contributed by atoms with van der Waals surface area (Å²) in [5.74, 6) is -2.30. The Bertz CT molecular complexity index is 1150. The highest BCUT2D eigenvalue weighted by Crippen LogP contribution is 2.44. The lowest BCUT2D eigenvalue weighted by Gasteiger charge is -2.35. The largest absolute Gasteiger partial charge is 0.481 e. The van der Waals surface area contributed by atoms with E-state index in [0.29, 0.717) is 6.42 Å². The Hall–Kier alpha value is -3.88. The van der Waals surface area contributed by atoms with Crippen molar-refractivity contribution in [2.75, 3.05) is 34.8 Å². The van der Waals surface area contributed by atoms with E-state index in [1.165, 1.54) is 38.0 Å². The van der Waals surface area contributed by atoms with Crippen LogP contribution in [0.3, 0.4) is 0 Å². The number of carboxylic acids is 1. The Labute approximate surface area is 224 Å². The molecule has 1 aliphatic carbocycles. The van der Waals surface area contributed by atoms with Crippen molar-refractivity contribution in [1.29, 1.82) is 0 Å². The third-order valence-corrected chi connectivity index (χ3v) is 6.98. The lowest BCUT2D eigenvalue weighted by atomic mass is 9.98. The number of amides is 3. The van der Waals surface area contributed by atoms with Gasteiger partial charge in [-0.05, 0) is 34.6 Å². The van der Waals surface area contributed by atoms with Gasteiger partial charge >= 0.3 is 12.1 Å². The van der Waals surface area contributed by atoms with Crippen LogP contribution in [0.5, 0.6) is 0 Å². The predicted octanol–water partition coefficient (Wildman–Crippen LogP) is 3.67. The Morgan fingerprint density at radius 1 is 0.816 bits per heavy atom. The van der Waals surface area contributed by atoms with Crippen LogP contribution < -0.4 is 0 Å². The first kappa shape index (κ1) is 28.7. The summed E-state index contributed by atoms with van der Waals surface area (Å²) in [6, 6.07) is 13.9. The van der Waals surface area contributed by atoms with Crippen LogP contribution in [0.4, 0.5) is 4.79 Å². The monoisotopic (exact) mass is 523 g/mol. The van der Waals surface area contributed by atoms with Crippen LogP contribution in [0.1, 0.15) is 43.7 Å². The van der Waals surface area contributed by atoms with Crippen LogP contribution in [0, 0.1) is 5.92 Å². The number of fused-ring (bicyclic) bond motifs is 3. The highest BCUT2D eigenvalue weighted by atomic mass is 16.6. The second kappa shape index (κ2) is 12.1. The first-order valence-corrected chi connectivity index (χ1v) is 12.7. The number of benzene rings is 2. The molecule has 0 spiro atoms. The van der Waals surface area contributed by atoms with Crippen LogP contribution in [0.2, 0.25) is 0 Å². The molecule has 9 nitrogen and oxygen atoms in total. The summed E-state index contributed by atoms with van der Waals surface area (Å²) < 4.78 is 5.75. The minimum Gasteiger partial charge on any atom is -0.481 e. The fourth-order valence-electron chi connectivity index (χ4n) is 4.94. The third-order valence-electron chi connectivity index (χ3n) is 6.98. The number of nitrogens with zero attached hydrogens (tertiary/aromatic N) is 3. The summed E-state index contributed by atoms with van der Waals surface area (Å²) in [7, 11) is 5.90. The van der Waals surface area contributed by atoms with E-state index >= 15 is 0 Å². The van der Waals surface area contributed by atoms with Crippen molar-refractivity contribution in [3.63, 3.8) is 0 Å². The van der Waals surface area contributed by atoms with E-state index in [2.05, 4.69) is 12.1 Å². The second-order valence-corrected chi connectivity index (χ2v) is 10.4. The summed E-state index contributed by atoms with van der Waals surface area (Å²) >= 11 is 0. The fourth-order valence-corrected chi connectivity index (χ4v) is 4.94. The van der Waals surface area contributed by atoms with E-state index in [0.717, 1.165) is 27.2 Å². The number of rotatable bonds is 10. The van der Waals surface area contributed by atoms with E-state index in [9.17, 15) is 24.3 Å². The maximum absolute atomic E-state index is 13.6. The highest BCUT2D eigenvalue weighted by molar-refractivity contribution is 5.93. The number of aliphatic carboxylic acids is 1. The zero-order chi connectivity index (χ0) is 28.1. The first-order valence-electron chi connectivity index (χ1n) is 12.7. The van der Waals surface area contributed by atoms with Crippen LogP contribution in [-0.4, -0.2) is 90.6 Å². The average Bonchev–Trinajstić information content (AvgIpc) is 3.20. The molecule has 38 heavy (non-hydrogen) atoms. The molecule has 2 aromatic carbocycles. The number of ether oxygens (including phenoxy) is 1. The van der Waals surface area contributed by atoms with Gasteiger partial charge < -0.3 is 19.6 Å². The summed E-state index contributed by atoms with van der Waals surface area (Å²) in [6.45, 7) is 3.95. The van der Waals surface area contributed by atoms with Crippen LogP contribution >= 0.6 is 0 Å². The van der Waals surface area contributed by atoms with E-state index < -0.39 is 42.4 Å². The van der Waals surface area contributed by atoms with Gasteiger partial charge in [-0.2, -0.15) is 0 Å². The standard InChI is InChI=1S/C29H37N3O6/c1-18(2)15-24(28(36)31(5)25(16-26(33)34)27(35)30(3)4)32(6)29(37)38-17-23-21-13-9-7-11-19(21)20-12-8-10-14-22(20)23/h7-14,18,23-25H,15-17H2,1-6H3,(H,33,34)/t24?,25-/m0/s1. The van der Waals surface area contributed by atoms with E-state index in [4.69, 9.17) is 4.74 Å². The normalized spacial score (nSPS) is 13.8. The lowest BCUT2D eigenvalue weighted by molar-refractivity contribution is -0.150. The molecule has 0 saturated heterocycles. The molecular formula is C29H37N3O6. The van der Waals surface area contributed by atoms with Gasteiger partial charge in [0.05, 0.1) is 6.42 Å². The number of hydrogen-bond donors (Lipinski definition) is 1. The summed E-state index contributed by atoms with van der Waals surface area (Å²) in [5.41, 5.74) is 4.39. The molecule has 0 heterocycles. The molecule has 0 aliphatic heterocycles. The maximum atomic E-state index is 13.6. The molecule has 2 aromatic rings. The number of carboxylic acid groups (broad SMARTS) is 1. The zero-order valence-electron chi connectivity index (χ0n) is 22.9. The zero-order valence-corrected chi connectivity index (χ0v) is 22.9. The maximum Gasteiger partial charge on any atom is 0.410 e. The van der Waals surface area contributed by atoms with Crippen LogP contribution in [0.15, 0.2) is 48.5 Å². The van der Waals surface area contributed by atoms with Crippen molar-refractivity contribution in [2.24, 2.45) is 5.92 Å². The Kier molecular flexibility index (Phi) is 9.14. The molecule has 2 atom stereocenters. The van der Waals surface area contributed by atoms with Gasteiger partial charge in [-0.15, -0.1) is 0 Å². The molecule has 0 bridgehead atoms. The first-order chi connectivity index (χ1) is 17.9. The van der Waals surface area contributed by atoms with Crippen molar-refractivity contribution in [3.05, 3.63) is 59.7 Å². The van der Waals surface area contributed by atoms with Gasteiger partial charge in [0.15, 0.2) is 0 Å². The van der Waals surface area contributed by atoms with E-state index in [1.54, 1.807) is 0 Å². The number of carbonyl (C=O) groups excluding carboxylic acids is 3. The lowest BCUT2D eigenvalue weighted by Crippen LogP contribution is -2.55. The molecule has 3 rings (SSSR count). The van der Waals surface area contributed by atoms with Gasteiger partial charge in [-0.3, -0.25) is 19.3 Å². The van der Waals surface area contributed by atoms with Gasteiger partial charge in [0.2, 0.25) is 11.8 Å². The van der Waals surface area contributed by atoms with Gasteiger partial charge in [0.25, 0.3) is 0 Å². The Morgan fingerprint density at radius 3 is 1.82 bits per heavy atom. The summed E-state index contributed by atoms with van der Waals surface area (Å²) in [5, 5.41) is 9.35. The number of carbonyl (C=O) groups is 4. The molecular weight excluding hydrogens is 486 g/mol. The number of hydrogen-bond acceptors (Lipinski definition) is 5. The van der Waals surface area contributed by atoms with Crippen LogP contribution in [-0.2, 0) is 19.1 Å². The smallest absolute Gasteiger partial charge is 0.410 e. The fraction of sp³-hybridized carbons (Fsp3) is 0.448. The van der Waals surface area contributed by atoms with Gasteiger partial charge in [-0.25, -0.2) is 4.79 Å².